The maximum atomic E-state index is 12.5. The minimum atomic E-state index is -0.532. The van der Waals surface area contributed by atoms with Gasteiger partial charge in [-0.15, -0.1) is 0 Å². The molecule has 0 bridgehead atoms. The van der Waals surface area contributed by atoms with Crippen LogP contribution in [0.3, 0.4) is 0 Å². The second kappa shape index (κ2) is 8.97. The molecule has 0 saturated heterocycles. The molecule has 0 saturated carbocycles. The molecule has 2 amide bonds. The normalized spacial score (nSPS) is 16.4. The van der Waals surface area contributed by atoms with E-state index < -0.39 is 6.04 Å². The largest absolute Gasteiger partial charge is 0.486 e. The van der Waals surface area contributed by atoms with Gasteiger partial charge in [0, 0.05) is 18.9 Å². The number of rotatable bonds is 7. The lowest BCUT2D eigenvalue weighted by molar-refractivity contribution is -0.128. The molecule has 0 fully saturated rings. The summed E-state index contributed by atoms with van der Waals surface area (Å²) in [6.07, 6.45) is 1.10. The van der Waals surface area contributed by atoms with Crippen molar-refractivity contribution in [1.29, 1.82) is 0 Å². The van der Waals surface area contributed by atoms with E-state index in [4.69, 9.17) is 16.3 Å². The number of hydrogen-bond donors (Lipinski definition) is 2. The lowest BCUT2D eigenvalue weighted by Crippen LogP contribution is -2.48. The number of benzene rings is 1. The minimum absolute atomic E-state index is 0.175. The number of nitrogens with one attached hydrogen (secondary N) is 2. The fourth-order valence-corrected chi connectivity index (χ4v) is 4.33. The third kappa shape index (κ3) is 5.06. The van der Waals surface area contributed by atoms with Gasteiger partial charge >= 0.3 is 0 Å². The first-order chi connectivity index (χ1) is 13.3. The van der Waals surface area contributed by atoms with Crippen molar-refractivity contribution < 1.29 is 14.3 Å². The summed E-state index contributed by atoms with van der Waals surface area (Å²) in [4.78, 5) is 23.9. The predicted molar refractivity (Wildman–Crippen MR) is 113 cm³/mol. The molecular weight excluding hydrogens is 396 g/mol. The predicted octanol–water partition coefficient (Wildman–Crippen LogP) is 4.04. The van der Waals surface area contributed by atoms with Crippen LogP contribution in [0.5, 0.6) is 5.75 Å². The average molecular weight is 421 g/mol. The van der Waals surface area contributed by atoms with Gasteiger partial charge in [-0.25, -0.2) is 0 Å². The Labute approximate surface area is 174 Å². The van der Waals surface area contributed by atoms with E-state index in [0.717, 1.165) is 16.7 Å². The Hall–Kier alpha value is -2.05. The maximum absolute atomic E-state index is 12.5. The van der Waals surface area contributed by atoms with Gasteiger partial charge in [0.25, 0.3) is 0 Å². The molecule has 1 aromatic carbocycles. The van der Waals surface area contributed by atoms with Crippen molar-refractivity contribution in [2.75, 3.05) is 6.54 Å². The number of hydrogen-bond acceptors (Lipinski definition) is 4. The van der Waals surface area contributed by atoms with Crippen molar-refractivity contribution in [3.8, 4) is 16.9 Å². The van der Waals surface area contributed by atoms with Crippen LogP contribution < -0.4 is 15.4 Å². The number of carbonyl (C=O) groups is 2. The van der Waals surface area contributed by atoms with E-state index >= 15 is 0 Å². The molecule has 150 valence electrons. The van der Waals surface area contributed by atoms with Crippen molar-refractivity contribution in [1.82, 2.24) is 10.6 Å². The molecule has 1 aliphatic heterocycles. The number of thiophene rings is 1. The SMILES string of the molecule is CC(=O)N[C@@H](CC(C)C)C(=O)NC[C@@H]1Cc2cc(-c3ccsc3)cc(Cl)c2O1. The summed E-state index contributed by atoms with van der Waals surface area (Å²) in [5.41, 5.74) is 3.26. The Morgan fingerprint density at radius 3 is 2.75 bits per heavy atom. The van der Waals surface area contributed by atoms with Gasteiger partial charge in [-0.2, -0.15) is 11.3 Å². The summed E-state index contributed by atoms with van der Waals surface area (Å²) in [7, 11) is 0. The Bertz CT molecular complexity index is 852. The Morgan fingerprint density at radius 1 is 1.32 bits per heavy atom. The van der Waals surface area contributed by atoms with E-state index in [9.17, 15) is 9.59 Å². The molecule has 2 atom stereocenters. The zero-order chi connectivity index (χ0) is 20.3. The molecule has 28 heavy (non-hydrogen) atoms. The summed E-state index contributed by atoms with van der Waals surface area (Å²) in [6, 6.07) is 5.55. The quantitative estimate of drug-likeness (QED) is 0.710. The second-order valence-electron chi connectivity index (χ2n) is 7.53. The van der Waals surface area contributed by atoms with Gasteiger partial charge < -0.3 is 15.4 Å². The van der Waals surface area contributed by atoms with Gasteiger partial charge in [0.1, 0.15) is 17.9 Å². The van der Waals surface area contributed by atoms with E-state index in [1.807, 2.05) is 25.3 Å². The smallest absolute Gasteiger partial charge is 0.242 e. The number of fused-ring (bicyclic) bond motifs is 1. The van der Waals surface area contributed by atoms with Crippen molar-refractivity contribution in [2.24, 2.45) is 5.92 Å². The van der Waals surface area contributed by atoms with Gasteiger partial charge in [-0.05, 0) is 52.4 Å². The van der Waals surface area contributed by atoms with E-state index in [-0.39, 0.29) is 17.9 Å². The molecule has 2 aromatic rings. The molecule has 0 radical (unpaired) electrons. The molecule has 7 heteroatoms. The highest BCUT2D eigenvalue weighted by molar-refractivity contribution is 7.08. The molecular formula is C21H25ClN2O3S. The lowest BCUT2D eigenvalue weighted by atomic mass is 10.0. The molecule has 3 rings (SSSR count). The van der Waals surface area contributed by atoms with Crippen LogP contribution in [0.2, 0.25) is 5.02 Å². The van der Waals surface area contributed by atoms with Gasteiger partial charge in [0.15, 0.2) is 0 Å². The van der Waals surface area contributed by atoms with E-state index in [1.54, 1.807) is 11.3 Å². The standard InChI is InChI=1S/C21H25ClN2O3S/c1-12(2)6-19(24-13(3)25)21(26)23-10-17-8-16-7-15(14-4-5-28-11-14)9-18(22)20(16)27-17/h4-5,7,9,11-12,17,19H,6,8,10H2,1-3H3,(H,23,26)(H,24,25)/t17-,19-/m0/s1. The first kappa shape index (κ1) is 20.7. The van der Waals surface area contributed by atoms with E-state index in [1.165, 1.54) is 6.92 Å². The highest BCUT2D eigenvalue weighted by Crippen LogP contribution is 2.39. The Kier molecular flexibility index (Phi) is 6.62. The second-order valence-corrected chi connectivity index (χ2v) is 8.72. The average Bonchev–Trinajstić information content (AvgIpc) is 3.27. The molecule has 0 unspecified atom stereocenters. The first-order valence-corrected chi connectivity index (χ1v) is 10.7. The maximum Gasteiger partial charge on any atom is 0.242 e. The lowest BCUT2D eigenvalue weighted by Gasteiger charge is -2.20. The summed E-state index contributed by atoms with van der Waals surface area (Å²) >= 11 is 8.07. The van der Waals surface area contributed by atoms with E-state index in [2.05, 4.69) is 28.1 Å². The van der Waals surface area contributed by atoms with Crippen molar-refractivity contribution in [3.05, 3.63) is 39.5 Å². The number of amides is 2. The van der Waals surface area contributed by atoms with Crippen LogP contribution >= 0.6 is 22.9 Å². The van der Waals surface area contributed by atoms with Crippen LogP contribution in [0, 0.1) is 5.92 Å². The molecule has 2 heterocycles. The molecule has 0 aliphatic carbocycles. The van der Waals surface area contributed by atoms with Crippen LogP contribution in [-0.4, -0.2) is 30.5 Å². The highest BCUT2D eigenvalue weighted by atomic mass is 35.5. The van der Waals surface area contributed by atoms with Gasteiger partial charge in [-0.3, -0.25) is 9.59 Å². The number of carbonyl (C=O) groups excluding carboxylic acids is 2. The fraction of sp³-hybridized carbons (Fsp3) is 0.429. The van der Waals surface area contributed by atoms with Gasteiger partial charge in [0.05, 0.1) is 11.6 Å². The molecule has 0 spiro atoms. The molecule has 2 N–H and O–H groups in total. The number of halogens is 1. The minimum Gasteiger partial charge on any atom is -0.486 e. The zero-order valence-electron chi connectivity index (χ0n) is 16.3. The van der Waals surface area contributed by atoms with Gasteiger partial charge in [0.2, 0.25) is 11.8 Å². The summed E-state index contributed by atoms with van der Waals surface area (Å²) < 4.78 is 5.97. The number of ether oxygens (including phenoxy) is 1. The first-order valence-electron chi connectivity index (χ1n) is 9.40. The summed E-state index contributed by atoms with van der Waals surface area (Å²) in [5.74, 6) is 0.594. The third-order valence-corrected chi connectivity index (χ3v) is 5.58. The van der Waals surface area contributed by atoms with Crippen molar-refractivity contribution >= 4 is 34.8 Å². The monoisotopic (exact) mass is 420 g/mol. The molecule has 1 aromatic heterocycles. The fourth-order valence-electron chi connectivity index (χ4n) is 3.38. The van der Waals surface area contributed by atoms with Crippen LogP contribution in [-0.2, 0) is 16.0 Å². The van der Waals surface area contributed by atoms with Crippen LogP contribution in [0.4, 0.5) is 0 Å². The van der Waals surface area contributed by atoms with Crippen LogP contribution in [0.1, 0.15) is 32.8 Å². The zero-order valence-corrected chi connectivity index (χ0v) is 17.8. The third-order valence-electron chi connectivity index (χ3n) is 4.61. The highest BCUT2D eigenvalue weighted by Gasteiger charge is 2.28. The van der Waals surface area contributed by atoms with Crippen molar-refractivity contribution in [3.63, 3.8) is 0 Å². The summed E-state index contributed by atoms with van der Waals surface area (Å²) in [6.45, 7) is 5.83. The van der Waals surface area contributed by atoms with Crippen LogP contribution in [0.15, 0.2) is 29.0 Å². The molecule has 5 nitrogen and oxygen atoms in total. The van der Waals surface area contributed by atoms with Crippen molar-refractivity contribution in [2.45, 2.75) is 45.8 Å². The van der Waals surface area contributed by atoms with E-state index in [0.29, 0.717) is 36.1 Å². The Balaban J connectivity index is 1.62. The topological polar surface area (TPSA) is 67.4 Å². The van der Waals surface area contributed by atoms with Gasteiger partial charge in [-0.1, -0.05) is 25.4 Å². The van der Waals surface area contributed by atoms with Crippen LogP contribution in [0.25, 0.3) is 11.1 Å². The summed E-state index contributed by atoms with van der Waals surface area (Å²) in [5, 5.41) is 10.3. The Morgan fingerprint density at radius 2 is 2.11 bits per heavy atom. The molecule has 1 aliphatic rings.